The van der Waals surface area contributed by atoms with E-state index in [1.807, 2.05) is 40.0 Å². The fourth-order valence-corrected chi connectivity index (χ4v) is 4.44. The van der Waals surface area contributed by atoms with Crippen LogP contribution in [0.15, 0.2) is 42.7 Å². The number of hydrogen-bond acceptors (Lipinski definition) is 4. The third-order valence-corrected chi connectivity index (χ3v) is 5.93. The first-order valence-electron chi connectivity index (χ1n) is 11.0. The van der Waals surface area contributed by atoms with E-state index in [1.54, 1.807) is 11.1 Å². The summed E-state index contributed by atoms with van der Waals surface area (Å²) in [5.41, 5.74) is 2.20. The van der Waals surface area contributed by atoms with E-state index in [4.69, 9.17) is 4.74 Å². The Morgan fingerprint density at radius 1 is 1.24 bits per heavy atom. The minimum absolute atomic E-state index is 0.0824. The molecule has 1 N–H and O–H groups in total. The molecule has 1 aliphatic heterocycles. The van der Waals surface area contributed by atoms with Crippen LogP contribution in [0.25, 0.3) is 33.1 Å². The van der Waals surface area contributed by atoms with Crippen molar-refractivity contribution in [1.82, 2.24) is 24.6 Å². The second-order valence-corrected chi connectivity index (χ2v) is 9.40. The van der Waals surface area contributed by atoms with Gasteiger partial charge in [0.15, 0.2) is 0 Å². The van der Waals surface area contributed by atoms with Crippen LogP contribution in [0.2, 0.25) is 5.21 Å². The second kappa shape index (κ2) is 8.19. The summed E-state index contributed by atoms with van der Waals surface area (Å²) in [7, 11) is 4.00. The second-order valence-electron chi connectivity index (χ2n) is 9.40. The van der Waals surface area contributed by atoms with E-state index in [0.29, 0.717) is 42.9 Å². The molecule has 0 atom stereocenters. The van der Waals surface area contributed by atoms with E-state index in [2.05, 4.69) is 15.1 Å². The maximum absolute atomic E-state index is 13.4. The first-order chi connectivity index (χ1) is 16.1. The van der Waals surface area contributed by atoms with Crippen LogP contribution in [0.3, 0.4) is 0 Å². The summed E-state index contributed by atoms with van der Waals surface area (Å²) in [6.45, 7) is 0.510. The number of ether oxygens (including phenoxy) is 1. The summed E-state index contributed by atoms with van der Waals surface area (Å²) in [5, 5.41) is 5.36. The molecule has 0 bridgehead atoms. The number of fused-ring (bicyclic) bond motifs is 2. The molecule has 0 radical (unpaired) electrons. The van der Waals surface area contributed by atoms with Gasteiger partial charge < -0.3 is 14.6 Å². The third-order valence-electron chi connectivity index (χ3n) is 5.93. The number of benzene rings is 1. The van der Waals surface area contributed by atoms with Gasteiger partial charge in [-0.05, 0) is 17.3 Å². The highest BCUT2D eigenvalue weighted by Gasteiger charge is 2.32. The monoisotopic (exact) mass is 467 g/mol. The van der Waals surface area contributed by atoms with E-state index in [1.165, 1.54) is 12.3 Å². The molecule has 1 saturated heterocycles. The molecular formula is C22H22B2F3N5O2. The Morgan fingerprint density at radius 2 is 2.03 bits per heavy atom. The zero-order valence-electron chi connectivity index (χ0n) is 18.8. The number of H-pyrrole nitrogens is 1. The van der Waals surface area contributed by atoms with Crippen LogP contribution in [0, 0.1) is 0 Å². The fourth-order valence-electron chi connectivity index (χ4n) is 4.44. The molecule has 0 aliphatic carbocycles. The van der Waals surface area contributed by atoms with Gasteiger partial charge in [0.1, 0.15) is 33.6 Å². The number of hydrogen-bond donors (Lipinski definition) is 1. The smallest absolute Gasteiger partial charge is 0.380 e. The van der Waals surface area contributed by atoms with Gasteiger partial charge in [0.05, 0.1) is 12.1 Å². The summed E-state index contributed by atoms with van der Waals surface area (Å²) in [6.07, 6.45) is -1.31. The van der Waals surface area contributed by atoms with E-state index in [-0.39, 0.29) is 22.3 Å². The number of aromatic amines is 1. The van der Waals surface area contributed by atoms with Gasteiger partial charge in [0.25, 0.3) is 5.91 Å². The lowest BCUT2D eigenvalue weighted by molar-refractivity contribution is -0.141. The lowest BCUT2D eigenvalue weighted by Crippen LogP contribution is -2.39. The van der Waals surface area contributed by atoms with Crippen LogP contribution in [-0.2, 0) is 11.3 Å². The molecule has 12 heteroatoms. The van der Waals surface area contributed by atoms with Crippen molar-refractivity contribution >= 4 is 43.4 Å². The van der Waals surface area contributed by atoms with Gasteiger partial charge >= 0.3 is 6.18 Å². The molecule has 174 valence electrons. The van der Waals surface area contributed by atoms with E-state index in [0.717, 1.165) is 15.6 Å². The zero-order valence-corrected chi connectivity index (χ0v) is 18.8. The van der Waals surface area contributed by atoms with Crippen LogP contribution >= 0.6 is 0 Å². The molecule has 0 spiro atoms. The minimum atomic E-state index is -4.48. The Kier molecular flexibility index (Phi) is 5.43. The van der Waals surface area contributed by atoms with Gasteiger partial charge in [-0.3, -0.25) is 14.5 Å². The van der Waals surface area contributed by atoms with Gasteiger partial charge in [-0.25, -0.2) is 0 Å². The van der Waals surface area contributed by atoms with Crippen LogP contribution in [0.5, 0.6) is 0 Å². The summed E-state index contributed by atoms with van der Waals surface area (Å²) in [5.74, 6) is -0.339. The van der Waals surface area contributed by atoms with Crippen molar-refractivity contribution in [3.63, 3.8) is 0 Å². The predicted molar refractivity (Wildman–Crippen MR) is 127 cm³/mol. The Morgan fingerprint density at radius 3 is 2.82 bits per heavy atom. The quantitative estimate of drug-likeness (QED) is 0.468. The molecule has 0 unspecified atom stereocenters. The highest BCUT2D eigenvalue weighted by atomic mass is 19.4. The predicted octanol–water partition coefficient (Wildman–Crippen LogP) is 2.00. The fraction of sp³-hybridized carbons (Fsp3) is 0.318. The molecule has 7 nitrogen and oxygen atoms in total. The summed E-state index contributed by atoms with van der Waals surface area (Å²) in [4.78, 5) is 22.4. The molecule has 5 rings (SSSR count). The van der Waals surface area contributed by atoms with E-state index >= 15 is 0 Å². The van der Waals surface area contributed by atoms with E-state index < -0.39 is 12.7 Å². The number of carbonyl (C=O) groups is 1. The number of aromatic nitrogens is 4. The van der Waals surface area contributed by atoms with Crippen molar-refractivity contribution in [1.29, 1.82) is 0 Å². The van der Waals surface area contributed by atoms with Crippen LogP contribution in [0.4, 0.5) is 13.2 Å². The van der Waals surface area contributed by atoms with Crippen molar-refractivity contribution in [2.45, 2.75) is 17.9 Å². The van der Waals surface area contributed by atoms with Gasteiger partial charge in [-0.2, -0.15) is 18.3 Å². The molecule has 4 aromatic rings. The molecule has 0 saturated carbocycles. The highest BCUT2D eigenvalue weighted by molar-refractivity contribution is 6.40. The minimum Gasteiger partial charge on any atom is -0.380 e. The molecule has 1 aromatic carbocycles. The average molecular weight is 467 g/mol. The third kappa shape index (κ3) is 4.29. The SMILES string of the molecule is BC1(B)COCCN(C(=O)c2cc3c(cn2)c(-c2c[nH]c4ccccc24)nn3CC(F)(F)F)C1. The largest absolute Gasteiger partial charge is 0.408 e. The summed E-state index contributed by atoms with van der Waals surface area (Å²) >= 11 is 0. The van der Waals surface area contributed by atoms with Crippen LogP contribution < -0.4 is 0 Å². The number of pyridine rings is 1. The Hall–Kier alpha value is -3.27. The Bertz CT molecular complexity index is 1380. The normalized spacial score (nSPS) is 16.7. The van der Waals surface area contributed by atoms with Gasteiger partial charge in [-0.15, -0.1) is 0 Å². The van der Waals surface area contributed by atoms with Crippen molar-refractivity contribution < 1.29 is 22.7 Å². The highest BCUT2D eigenvalue weighted by Crippen LogP contribution is 2.34. The van der Waals surface area contributed by atoms with Crippen molar-refractivity contribution in [2.75, 3.05) is 26.3 Å². The number of carbonyl (C=O) groups excluding carboxylic acids is 1. The molecule has 1 fully saturated rings. The number of nitrogens with zero attached hydrogens (tertiary/aromatic N) is 4. The van der Waals surface area contributed by atoms with Gasteiger partial charge in [-0.1, -0.05) is 18.2 Å². The lowest BCUT2D eigenvalue weighted by Gasteiger charge is -2.28. The number of alkyl halides is 3. The lowest BCUT2D eigenvalue weighted by atomic mass is 9.55. The summed E-state index contributed by atoms with van der Waals surface area (Å²) in [6, 6.07) is 8.90. The van der Waals surface area contributed by atoms with Crippen LogP contribution in [0.1, 0.15) is 10.5 Å². The molecule has 1 aliphatic rings. The topological polar surface area (TPSA) is 76.0 Å². The van der Waals surface area contributed by atoms with Crippen LogP contribution in [-0.4, -0.2) is 78.7 Å². The Balaban J connectivity index is 1.61. The van der Waals surface area contributed by atoms with Crippen molar-refractivity contribution in [3.05, 3.63) is 48.4 Å². The van der Waals surface area contributed by atoms with E-state index in [9.17, 15) is 18.0 Å². The van der Waals surface area contributed by atoms with Gasteiger partial charge in [0.2, 0.25) is 0 Å². The molecule has 4 heterocycles. The molecule has 1 amide bonds. The van der Waals surface area contributed by atoms with Gasteiger partial charge in [0, 0.05) is 53.9 Å². The Labute approximate surface area is 195 Å². The number of para-hydroxylation sites is 1. The number of nitrogens with one attached hydrogen (secondary N) is 1. The number of halogens is 3. The number of rotatable bonds is 3. The zero-order chi connectivity index (χ0) is 24.1. The standard InChI is InChI=1S/C22H22B2F3N5O2/c23-21(24)10-31(5-6-34-12-21)20(33)17-7-18-15(9-29-17)19(30-32(18)11-22(25,26)27)14-8-28-16-4-2-1-3-13(14)16/h1-4,7-9,28H,5-6,10-12,23-24H2. The molecule has 34 heavy (non-hydrogen) atoms. The maximum atomic E-state index is 13.4. The molecular weight excluding hydrogens is 445 g/mol. The summed E-state index contributed by atoms with van der Waals surface area (Å²) < 4.78 is 46.6. The molecule has 3 aromatic heterocycles. The first-order valence-corrected chi connectivity index (χ1v) is 11.0. The number of amides is 1. The maximum Gasteiger partial charge on any atom is 0.408 e. The average Bonchev–Trinajstić information content (AvgIpc) is 3.29. The van der Waals surface area contributed by atoms with Crippen molar-refractivity contribution in [3.8, 4) is 11.3 Å². The first kappa shape index (κ1) is 22.5. The van der Waals surface area contributed by atoms with Crippen molar-refractivity contribution in [2.24, 2.45) is 0 Å².